The van der Waals surface area contributed by atoms with Crippen molar-refractivity contribution in [2.75, 3.05) is 14.2 Å². The van der Waals surface area contributed by atoms with Gasteiger partial charge < -0.3 is 9.47 Å². The summed E-state index contributed by atoms with van der Waals surface area (Å²) in [6, 6.07) is 25.8. The Balaban J connectivity index is 1.49. The van der Waals surface area contributed by atoms with E-state index in [1.807, 2.05) is 12.1 Å². The number of hydrogen-bond donors (Lipinski definition) is 0. The van der Waals surface area contributed by atoms with Crippen molar-refractivity contribution in [1.82, 2.24) is 0 Å². The lowest BCUT2D eigenvalue weighted by molar-refractivity contribution is 0.415. The molecule has 0 unspecified atom stereocenters. The van der Waals surface area contributed by atoms with Gasteiger partial charge in [0.15, 0.2) is 0 Å². The molecule has 35 heavy (non-hydrogen) atoms. The first-order valence-electron chi connectivity index (χ1n) is 12.6. The van der Waals surface area contributed by atoms with Gasteiger partial charge in [-0.1, -0.05) is 73.8 Å². The molecule has 0 heterocycles. The lowest BCUT2D eigenvalue weighted by Crippen LogP contribution is -1.95. The molecule has 2 nitrogen and oxygen atoms in total. The molecule has 4 aromatic carbocycles. The van der Waals surface area contributed by atoms with Gasteiger partial charge in [0.2, 0.25) is 0 Å². The highest BCUT2D eigenvalue weighted by molar-refractivity contribution is 6.31. The average molecular weight is 487 g/mol. The molecule has 0 atom stereocenters. The molecular weight excluding hydrogens is 452 g/mol. The molecule has 0 saturated carbocycles. The monoisotopic (exact) mass is 486 g/mol. The predicted molar refractivity (Wildman–Crippen MR) is 149 cm³/mol. The molecule has 182 valence electrons. The van der Waals surface area contributed by atoms with Crippen molar-refractivity contribution in [3.05, 3.63) is 94.5 Å². The van der Waals surface area contributed by atoms with Crippen LogP contribution in [0.2, 0.25) is 5.02 Å². The molecule has 0 bridgehead atoms. The van der Waals surface area contributed by atoms with E-state index in [0.29, 0.717) is 0 Å². The van der Waals surface area contributed by atoms with Crippen molar-refractivity contribution in [3.8, 4) is 22.6 Å². The first-order valence-corrected chi connectivity index (χ1v) is 13.0. The Hall–Kier alpha value is -2.97. The van der Waals surface area contributed by atoms with Gasteiger partial charge in [-0.15, -0.1) is 0 Å². The van der Waals surface area contributed by atoms with Crippen molar-refractivity contribution in [3.63, 3.8) is 0 Å². The van der Waals surface area contributed by atoms with Crippen LogP contribution in [0.1, 0.15) is 49.3 Å². The Morgan fingerprint density at radius 1 is 0.686 bits per heavy atom. The van der Waals surface area contributed by atoms with E-state index in [9.17, 15) is 0 Å². The number of methoxy groups -OCH3 is 2. The van der Waals surface area contributed by atoms with Gasteiger partial charge in [-0.2, -0.15) is 0 Å². The highest BCUT2D eigenvalue weighted by Gasteiger charge is 2.11. The molecule has 3 heteroatoms. The summed E-state index contributed by atoms with van der Waals surface area (Å²) in [4.78, 5) is 0. The number of hydrogen-bond acceptors (Lipinski definition) is 2. The fourth-order valence-corrected chi connectivity index (χ4v) is 5.14. The number of aryl methyl sites for hydroxylation is 3. The van der Waals surface area contributed by atoms with Crippen LogP contribution in [0.3, 0.4) is 0 Å². The van der Waals surface area contributed by atoms with Crippen molar-refractivity contribution in [1.29, 1.82) is 0 Å². The second kappa shape index (κ2) is 12.1. The van der Waals surface area contributed by atoms with Crippen LogP contribution in [0.15, 0.2) is 72.8 Å². The summed E-state index contributed by atoms with van der Waals surface area (Å²) in [6.45, 7) is 2.20. The molecule has 0 aliphatic rings. The molecule has 0 fully saturated rings. The first kappa shape index (κ1) is 25.1. The fourth-order valence-electron chi connectivity index (χ4n) is 4.84. The van der Waals surface area contributed by atoms with E-state index in [0.717, 1.165) is 55.0 Å². The Kier molecular flexibility index (Phi) is 8.71. The molecule has 0 N–H and O–H groups in total. The van der Waals surface area contributed by atoms with Gasteiger partial charge >= 0.3 is 0 Å². The van der Waals surface area contributed by atoms with E-state index in [2.05, 4.69) is 67.6 Å². The standard InChI is InChI=1S/C32H35ClO2/c1-4-8-23-11-12-25(32(33)21-23)9-6-5-7-10-31-29(24-13-16-27(34-2)17-14-24)19-15-26-22-28(35-3)18-20-30(26)31/h11-22H,4-10H2,1-3H3. The summed E-state index contributed by atoms with van der Waals surface area (Å²) in [5.41, 5.74) is 6.51. The molecule has 0 aliphatic heterocycles. The van der Waals surface area contributed by atoms with Crippen LogP contribution in [0.4, 0.5) is 0 Å². The van der Waals surface area contributed by atoms with Crippen molar-refractivity contribution in [2.45, 2.75) is 51.9 Å². The minimum atomic E-state index is 0.877. The topological polar surface area (TPSA) is 18.5 Å². The number of ether oxygens (including phenoxy) is 2. The molecule has 0 aromatic heterocycles. The van der Waals surface area contributed by atoms with E-state index in [1.54, 1.807) is 14.2 Å². The average Bonchev–Trinajstić information content (AvgIpc) is 2.89. The van der Waals surface area contributed by atoms with Gasteiger partial charge in [0.1, 0.15) is 11.5 Å². The largest absolute Gasteiger partial charge is 0.497 e. The quantitative estimate of drug-likeness (QED) is 0.197. The maximum atomic E-state index is 6.55. The second-order valence-electron chi connectivity index (χ2n) is 9.14. The van der Waals surface area contributed by atoms with Crippen LogP contribution in [0.5, 0.6) is 11.5 Å². The van der Waals surface area contributed by atoms with Crippen LogP contribution < -0.4 is 9.47 Å². The van der Waals surface area contributed by atoms with Crippen LogP contribution in [0, 0.1) is 0 Å². The maximum Gasteiger partial charge on any atom is 0.119 e. The zero-order valence-corrected chi connectivity index (χ0v) is 21.8. The second-order valence-corrected chi connectivity index (χ2v) is 9.55. The smallest absolute Gasteiger partial charge is 0.119 e. The first-order chi connectivity index (χ1) is 17.1. The minimum absolute atomic E-state index is 0.877. The molecular formula is C32H35ClO2. The van der Waals surface area contributed by atoms with Gasteiger partial charge in [-0.05, 0) is 101 Å². The molecule has 0 saturated heterocycles. The van der Waals surface area contributed by atoms with Crippen molar-refractivity contribution >= 4 is 22.4 Å². The molecule has 4 aromatic rings. The summed E-state index contributed by atoms with van der Waals surface area (Å²) >= 11 is 6.55. The van der Waals surface area contributed by atoms with Crippen LogP contribution in [-0.4, -0.2) is 14.2 Å². The van der Waals surface area contributed by atoms with Gasteiger partial charge in [0.25, 0.3) is 0 Å². The zero-order chi connectivity index (χ0) is 24.6. The van der Waals surface area contributed by atoms with Crippen LogP contribution in [0.25, 0.3) is 21.9 Å². The summed E-state index contributed by atoms with van der Waals surface area (Å²) in [6.07, 6.45) is 7.75. The lowest BCUT2D eigenvalue weighted by Gasteiger charge is -2.15. The van der Waals surface area contributed by atoms with Gasteiger partial charge in [-0.25, -0.2) is 0 Å². The Morgan fingerprint density at radius 2 is 1.43 bits per heavy atom. The normalized spacial score (nSPS) is 11.1. The number of benzene rings is 4. The minimum Gasteiger partial charge on any atom is -0.497 e. The summed E-state index contributed by atoms with van der Waals surface area (Å²) in [7, 11) is 3.42. The molecule has 0 amide bonds. The number of rotatable bonds is 11. The molecule has 0 aliphatic carbocycles. The Morgan fingerprint density at radius 3 is 2.14 bits per heavy atom. The van der Waals surface area contributed by atoms with Gasteiger partial charge in [0.05, 0.1) is 14.2 Å². The number of fused-ring (bicyclic) bond motifs is 1. The maximum absolute atomic E-state index is 6.55. The molecule has 4 rings (SSSR count). The third-order valence-corrected chi connectivity index (χ3v) is 7.12. The number of halogens is 1. The number of unbranched alkanes of at least 4 members (excludes halogenated alkanes) is 2. The summed E-state index contributed by atoms with van der Waals surface area (Å²) in [5.74, 6) is 1.77. The van der Waals surface area contributed by atoms with Crippen molar-refractivity contribution in [2.24, 2.45) is 0 Å². The molecule has 0 spiro atoms. The highest BCUT2D eigenvalue weighted by atomic mass is 35.5. The van der Waals surface area contributed by atoms with Crippen LogP contribution in [-0.2, 0) is 19.3 Å². The summed E-state index contributed by atoms with van der Waals surface area (Å²) < 4.78 is 10.8. The van der Waals surface area contributed by atoms with Gasteiger partial charge in [0, 0.05) is 5.02 Å². The zero-order valence-electron chi connectivity index (χ0n) is 21.1. The van der Waals surface area contributed by atoms with Crippen LogP contribution >= 0.6 is 11.6 Å². The third kappa shape index (κ3) is 6.18. The Labute approximate surface area is 214 Å². The highest BCUT2D eigenvalue weighted by Crippen LogP contribution is 2.34. The SMILES string of the molecule is CCCc1ccc(CCCCCc2c(-c3ccc(OC)cc3)ccc3cc(OC)ccc23)c(Cl)c1. The lowest BCUT2D eigenvalue weighted by atomic mass is 9.90. The van der Waals surface area contributed by atoms with E-state index < -0.39 is 0 Å². The third-order valence-electron chi connectivity index (χ3n) is 6.77. The Bertz CT molecular complexity index is 1260. The van der Waals surface area contributed by atoms with Crippen molar-refractivity contribution < 1.29 is 9.47 Å². The summed E-state index contributed by atoms with van der Waals surface area (Å²) in [5, 5.41) is 3.44. The van der Waals surface area contributed by atoms with E-state index >= 15 is 0 Å². The van der Waals surface area contributed by atoms with E-state index in [-0.39, 0.29) is 0 Å². The fraction of sp³-hybridized carbons (Fsp3) is 0.312. The molecule has 0 radical (unpaired) electrons. The van der Waals surface area contributed by atoms with Gasteiger partial charge in [-0.3, -0.25) is 0 Å². The van der Waals surface area contributed by atoms with E-state index in [4.69, 9.17) is 21.1 Å². The predicted octanol–water partition coefficient (Wildman–Crippen LogP) is 9.09. The van der Waals surface area contributed by atoms with E-state index in [1.165, 1.54) is 45.0 Å².